The van der Waals surface area contributed by atoms with E-state index in [1.54, 1.807) is 7.05 Å². The van der Waals surface area contributed by atoms with Crippen molar-refractivity contribution in [3.63, 3.8) is 0 Å². The molecule has 2 rings (SSSR count). The minimum Gasteiger partial charge on any atom is -0.480 e. The summed E-state index contributed by atoms with van der Waals surface area (Å²) in [7, 11) is 1.63. The third-order valence-corrected chi connectivity index (χ3v) is 2.94. The lowest BCUT2D eigenvalue weighted by Gasteiger charge is -2.14. The Labute approximate surface area is 116 Å². The summed E-state index contributed by atoms with van der Waals surface area (Å²) in [5, 5.41) is 15.6. The number of aromatic nitrogens is 2. The standard InChI is InChI=1S/C14H15N3O3/c1-17-12(7-8-15-17)13(18)16-11(14(19)20)9-10-5-3-2-4-6-10/h2-8,11H,9H2,1H3,(H,16,18)(H,19,20). The number of carbonyl (C=O) groups is 2. The van der Waals surface area contributed by atoms with Crippen LogP contribution in [0.25, 0.3) is 0 Å². The van der Waals surface area contributed by atoms with E-state index in [9.17, 15) is 14.7 Å². The number of carbonyl (C=O) groups excluding carboxylic acids is 1. The van der Waals surface area contributed by atoms with Crippen molar-refractivity contribution in [2.24, 2.45) is 7.05 Å². The summed E-state index contributed by atoms with van der Waals surface area (Å²) in [6, 6.07) is 9.73. The number of carboxylic acid groups (broad SMARTS) is 1. The van der Waals surface area contributed by atoms with Crippen molar-refractivity contribution in [2.75, 3.05) is 0 Å². The number of nitrogens with zero attached hydrogens (tertiary/aromatic N) is 2. The van der Waals surface area contributed by atoms with Crippen LogP contribution in [0.3, 0.4) is 0 Å². The molecule has 0 fully saturated rings. The first kappa shape index (κ1) is 13.8. The summed E-state index contributed by atoms with van der Waals surface area (Å²) in [6.45, 7) is 0. The molecule has 0 radical (unpaired) electrons. The van der Waals surface area contributed by atoms with E-state index < -0.39 is 17.9 Å². The molecule has 1 amide bonds. The van der Waals surface area contributed by atoms with Gasteiger partial charge in [0.25, 0.3) is 5.91 Å². The van der Waals surface area contributed by atoms with Gasteiger partial charge in [-0.25, -0.2) is 4.79 Å². The maximum absolute atomic E-state index is 12.0. The third-order valence-electron chi connectivity index (χ3n) is 2.94. The number of hydrogen-bond acceptors (Lipinski definition) is 3. The Morgan fingerprint density at radius 1 is 1.30 bits per heavy atom. The van der Waals surface area contributed by atoms with Crippen molar-refractivity contribution in [3.05, 3.63) is 53.9 Å². The van der Waals surface area contributed by atoms with Crippen LogP contribution < -0.4 is 5.32 Å². The minimum absolute atomic E-state index is 0.236. The van der Waals surface area contributed by atoms with E-state index in [1.807, 2.05) is 30.3 Å². The van der Waals surface area contributed by atoms with Gasteiger partial charge in [-0.05, 0) is 11.6 Å². The zero-order valence-electron chi connectivity index (χ0n) is 11.0. The molecule has 1 aromatic carbocycles. The fourth-order valence-corrected chi connectivity index (χ4v) is 1.88. The Kier molecular flexibility index (Phi) is 4.14. The highest BCUT2D eigenvalue weighted by atomic mass is 16.4. The zero-order valence-corrected chi connectivity index (χ0v) is 11.0. The lowest BCUT2D eigenvalue weighted by molar-refractivity contribution is -0.139. The summed E-state index contributed by atoms with van der Waals surface area (Å²) in [5.74, 6) is -1.52. The molecule has 0 aliphatic carbocycles. The topological polar surface area (TPSA) is 84.2 Å². The van der Waals surface area contributed by atoms with Crippen LogP contribution >= 0.6 is 0 Å². The van der Waals surface area contributed by atoms with E-state index in [0.717, 1.165) is 5.56 Å². The van der Waals surface area contributed by atoms with Crippen LogP contribution in [0.4, 0.5) is 0 Å². The Morgan fingerprint density at radius 2 is 2.00 bits per heavy atom. The molecule has 0 saturated carbocycles. The van der Waals surface area contributed by atoms with Crippen LogP contribution in [-0.4, -0.2) is 32.8 Å². The van der Waals surface area contributed by atoms with Crippen LogP contribution in [0.5, 0.6) is 0 Å². The molecule has 0 aliphatic rings. The van der Waals surface area contributed by atoms with Gasteiger partial charge in [0.2, 0.25) is 0 Å². The Bertz CT molecular complexity index is 607. The quantitative estimate of drug-likeness (QED) is 0.845. The fourth-order valence-electron chi connectivity index (χ4n) is 1.88. The number of aliphatic carboxylic acids is 1. The second kappa shape index (κ2) is 6.01. The van der Waals surface area contributed by atoms with Gasteiger partial charge in [0.05, 0.1) is 0 Å². The molecule has 0 spiro atoms. The fraction of sp³-hybridized carbons (Fsp3) is 0.214. The van der Waals surface area contributed by atoms with Gasteiger partial charge in [-0.2, -0.15) is 5.10 Å². The molecule has 1 heterocycles. The summed E-state index contributed by atoms with van der Waals surface area (Å²) < 4.78 is 1.40. The van der Waals surface area contributed by atoms with Gasteiger partial charge >= 0.3 is 5.97 Å². The van der Waals surface area contributed by atoms with Crippen molar-refractivity contribution in [1.29, 1.82) is 0 Å². The van der Waals surface area contributed by atoms with E-state index in [2.05, 4.69) is 10.4 Å². The van der Waals surface area contributed by atoms with Crippen molar-refractivity contribution >= 4 is 11.9 Å². The first-order valence-corrected chi connectivity index (χ1v) is 6.13. The van der Waals surface area contributed by atoms with Gasteiger partial charge in [-0.15, -0.1) is 0 Å². The number of aryl methyl sites for hydroxylation is 1. The number of benzene rings is 1. The zero-order chi connectivity index (χ0) is 14.5. The molecule has 20 heavy (non-hydrogen) atoms. The molecule has 2 N–H and O–H groups in total. The molecule has 6 heteroatoms. The summed E-state index contributed by atoms with van der Waals surface area (Å²) in [5.41, 5.74) is 1.18. The van der Waals surface area contributed by atoms with Crippen molar-refractivity contribution in [1.82, 2.24) is 15.1 Å². The SMILES string of the molecule is Cn1nccc1C(=O)NC(Cc1ccccc1)C(=O)O. The highest BCUT2D eigenvalue weighted by Gasteiger charge is 2.22. The number of nitrogens with one attached hydrogen (secondary N) is 1. The summed E-state index contributed by atoms with van der Waals surface area (Å²) in [6.07, 6.45) is 1.72. The maximum Gasteiger partial charge on any atom is 0.326 e. The molecule has 1 aromatic heterocycles. The Hall–Kier alpha value is -2.63. The molecule has 1 unspecified atom stereocenters. The van der Waals surface area contributed by atoms with Crippen LogP contribution in [0.15, 0.2) is 42.6 Å². The molecule has 2 aromatic rings. The highest BCUT2D eigenvalue weighted by molar-refractivity contribution is 5.95. The van der Waals surface area contributed by atoms with Crippen molar-refractivity contribution in [3.8, 4) is 0 Å². The second-order valence-corrected chi connectivity index (χ2v) is 4.39. The van der Waals surface area contributed by atoms with Crippen LogP contribution in [0, 0.1) is 0 Å². The average Bonchev–Trinajstić information content (AvgIpc) is 2.85. The lowest BCUT2D eigenvalue weighted by atomic mass is 10.1. The number of amides is 1. The first-order chi connectivity index (χ1) is 9.58. The summed E-state index contributed by atoms with van der Waals surface area (Å²) >= 11 is 0. The third kappa shape index (κ3) is 3.23. The molecule has 0 aliphatic heterocycles. The lowest BCUT2D eigenvalue weighted by Crippen LogP contribution is -2.42. The largest absolute Gasteiger partial charge is 0.480 e. The van der Waals surface area contributed by atoms with Gasteiger partial charge in [0, 0.05) is 19.7 Å². The molecule has 0 saturated heterocycles. The van der Waals surface area contributed by atoms with Crippen LogP contribution in [0.1, 0.15) is 16.1 Å². The number of hydrogen-bond donors (Lipinski definition) is 2. The van der Waals surface area contributed by atoms with E-state index in [-0.39, 0.29) is 6.42 Å². The highest BCUT2D eigenvalue weighted by Crippen LogP contribution is 2.05. The average molecular weight is 273 g/mol. The van der Waals surface area contributed by atoms with Crippen molar-refractivity contribution < 1.29 is 14.7 Å². The molecular formula is C14H15N3O3. The van der Waals surface area contributed by atoms with Crippen LogP contribution in [0.2, 0.25) is 0 Å². The first-order valence-electron chi connectivity index (χ1n) is 6.13. The van der Waals surface area contributed by atoms with Gasteiger partial charge in [-0.1, -0.05) is 30.3 Å². The van der Waals surface area contributed by atoms with Gasteiger partial charge in [-0.3, -0.25) is 9.48 Å². The van der Waals surface area contributed by atoms with Gasteiger partial charge < -0.3 is 10.4 Å². The van der Waals surface area contributed by atoms with Crippen molar-refractivity contribution in [2.45, 2.75) is 12.5 Å². The molecule has 104 valence electrons. The predicted molar refractivity (Wildman–Crippen MR) is 72.2 cm³/mol. The van der Waals surface area contributed by atoms with E-state index in [0.29, 0.717) is 5.69 Å². The number of carboxylic acids is 1. The second-order valence-electron chi connectivity index (χ2n) is 4.39. The monoisotopic (exact) mass is 273 g/mol. The summed E-state index contributed by atoms with van der Waals surface area (Å²) in [4.78, 5) is 23.3. The molecule has 0 bridgehead atoms. The van der Waals surface area contributed by atoms with Gasteiger partial charge in [0.15, 0.2) is 0 Å². The minimum atomic E-state index is -1.07. The van der Waals surface area contributed by atoms with E-state index in [4.69, 9.17) is 0 Å². The van der Waals surface area contributed by atoms with Crippen LogP contribution in [-0.2, 0) is 18.3 Å². The predicted octanol–water partition coefficient (Wildman–Crippen LogP) is 0.846. The molecule has 6 nitrogen and oxygen atoms in total. The van der Waals surface area contributed by atoms with E-state index in [1.165, 1.54) is 16.9 Å². The number of rotatable bonds is 5. The molecule has 1 atom stereocenters. The Morgan fingerprint density at radius 3 is 2.55 bits per heavy atom. The van der Waals surface area contributed by atoms with Gasteiger partial charge in [0.1, 0.15) is 11.7 Å². The smallest absolute Gasteiger partial charge is 0.326 e. The maximum atomic E-state index is 12.0. The Balaban J connectivity index is 2.09. The van der Waals surface area contributed by atoms with E-state index >= 15 is 0 Å². The molecular weight excluding hydrogens is 258 g/mol. The normalized spacial score (nSPS) is 11.8.